The molecule has 0 saturated heterocycles. The summed E-state index contributed by atoms with van der Waals surface area (Å²) in [4.78, 5) is 34.7. The van der Waals surface area contributed by atoms with E-state index in [2.05, 4.69) is 5.32 Å². The second-order valence-corrected chi connectivity index (χ2v) is 5.77. The molecule has 0 spiro atoms. The Hall–Kier alpha value is -3.22. The number of amides is 1. The molecule has 0 heterocycles. The molecule has 0 aliphatic carbocycles. The van der Waals surface area contributed by atoms with Gasteiger partial charge in [-0.05, 0) is 24.5 Å². The van der Waals surface area contributed by atoms with E-state index in [1.807, 2.05) is 37.3 Å². The quantitative estimate of drug-likeness (QED) is 0.466. The zero-order chi connectivity index (χ0) is 19.1. The molecule has 7 nitrogen and oxygen atoms in total. The lowest BCUT2D eigenvalue weighted by Gasteiger charge is -2.13. The van der Waals surface area contributed by atoms with Crippen molar-refractivity contribution in [3.63, 3.8) is 0 Å². The zero-order valence-corrected chi connectivity index (χ0v) is 14.6. The lowest BCUT2D eigenvalue weighted by molar-refractivity contribution is -0.384. The molecule has 2 aromatic carbocycles. The van der Waals surface area contributed by atoms with Gasteiger partial charge in [0.05, 0.1) is 17.1 Å². The van der Waals surface area contributed by atoms with Crippen LogP contribution in [0, 0.1) is 10.1 Å². The first-order valence-electron chi connectivity index (χ1n) is 8.22. The molecule has 0 fully saturated rings. The number of esters is 1. The van der Waals surface area contributed by atoms with Gasteiger partial charge in [0.1, 0.15) is 0 Å². The number of rotatable bonds is 7. The van der Waals surface area contributed by atoms with Crippen molar-refractivity contribution in [2.75, 3.05) is 13.2 Å². The van der Waals surface area contributed by atoms with E-state index in [9.17, 15) is 19.7 Å². The number of hydrogen-bond acceptors (Lipinski definition) is 5. The number of ether oxygens (including phenoxy) is 1. The van der Waals surface area contributed by atoms with Crippen molar-refractivity contribution in [1.82, 2.24) is 5.32 Å². The number of non-ortho nitro benzene ring substituents is 1. The van der Waals surface area contributed by atoms with E-state index in [4.69, 9.17) is 4.74 Å². The highest BCUT2D eigenvalue weighted by Crippen LogP contribution is 2.19. The first kappa shape index (κ1) is 19.1. The van der Waals surface area contributed by atoms with Crippen LogP contribution in [0.3, 0.4) is 0 Å². The molecular weight excluding hydrogens is 336 g/mol. The van der Waals surface area contributed by atoms with E-state index in [1.165, 1.54) is 6.07 Å². The van der Waals surface area contributed by atoms with Crippen LogP contribution in [0.25, 0.3) is 0 Å². The Balaban J connectivity index is 2.16. The second-order valence-electron chi connectivity index (χ2n) is 5.77. The minimum atomic E-state index is -0.706. The Morgan fingerprint density at radius 2 is 1.81 bits per heavy atom. The highest BCUT2D eigenvalue weighted by Gasteiger charge is 2.19. The summed E-state index contributed by atoms with van der Waals surface area (Å²) in [6, 6.07) is 13.2. The topological polar surface area (TPSA) is 98.5 Å². The van der Waals surface area contributed by atoms with Crippen molar-refractivity contribution in [3.05, 3.63) is 75.3 Å². The maximum Gasteiger partial charge on any atom is 0.338 e. The third-order valence-electron chi connectivity index (χ3n) is 3.84. The Bertz CT molecular complexity index is 805. The van der Waals surface area contributed by atoms with Crippen LogP contribution in [-0.2, 0) is 4.74 Å². The summed E-state index contributed by atoms with van der Waals surface area (Å²) in [5, 5.41) is 13.8. The maximum atomic E-state index is 12.4. The van der Waals surface area contributed by atoms with Crippen LogP contribution in [-0.4, -0.2) is 30.0 Å². The largest absolute Gasteiger partial charge is 0.462 e. The first-order valence-corrected chi connectivity index (χ1v) is 8.22. The van der Waals surface area contributed by atoms with Gasteiger partial charge in [-0.25, -0.2) is 4.79 Å². The SMILES string of the molecule is CCOC(=O)c1cc(C(=O)NC[C@H](C)c2ccccc2)cc([N+](=O)[O-])c1. The lowest BCUT2D eigenvalue weighted by atomic mass is 10.0. The molecule has 0 aliphatic heterocycles. The zero-order valence-electron chi connectivity index (χ0n) is 14.6. The van der Waals surface area contributed by atoms with Gasteiger partial charge < -0.3 is 10.1 Å². The molecule has 1 atom stereocenters. The molecule has 26 heavy (non-hydrogen) atoms. The third kappa shape index (κ3) is 4.89. The Labute approximate surface area is 151 Å². The van der Waals surface area contributed by atoms with Crippen LogP contribution >= 0.6 is 0 Å². The fourth-order valence-electron chi connectivity index (χ4n) is 2.43. The van der Waals surface area contributed by atoms with Gasteiger partial charge >= 0.3 is 5.97 Å². The molecular formula is C19H20N2O5. The molecule has 2 rings (SSSR count). The van der Waals surface area contributed by atoms with E-state index in [0.717, 1.165) is 17.7 Å². The number of carbonyl (C=O) groups is 2. The van der Waals surface area contributed by atoms with Crippen molar-refractivity contribution in [1.29, 1.82) is 0 Å². The number of carbonyl (C=O) groups excluding carboxylic acids is 2. The summed E-state index contributed by atoms with van der Waals surface area (Å²) in [6.45, 7) is 4.10. The molecule has 136 valence electrons. The van der Waals surface area contributed by atoms with Crippen LogP contribution in [0.15, 0.2) is 48.5 Å². The fraction of sp³-hybridized carbons (Fsp3) is 0.263. The summed E-state index contributed by atoms with van der Waals surface area (Å²) in [5.74, 6) is -1.12. The first-order chi connectivity index (χ1) is 12.4. The fourth-order valence-corrected chi connectivity index (χ4v) is 2.43. The molecule has 7 heteroatoms. The second kappa shape index (κ2) is 8.75. The van der Waals surface area contributed by atoms with E-state index < -0.39 is 16.8 Å². The summed E-state index contributed by atoms with van der Waals surface area (Å²) >= 11 is 0. The maximum absolute atomic E-state index is 12.4. The van der Waals surface area contributed by atoms with Gasteiger partial charge in [-0.2, -0.15) is 0 Å². The minimum Gasteiger partial charge on any atom is -0.462 e. The number of benzene rings is 2. The van der Waals surface area contributed by atoms with Gasteiger partial charge in [0.15, 0.2) is 0 Å². The van der Waals surface area contributed by atoms with Crippen molar-refractivity contribution < 1.29 is 19.2 Å². The highest BCUT2D eigenvalue weighted by atomic mass is 16.6. The monoisotopic (exact) mass is 356 g/mol. The van der Waals surface area contributed by atoms with Gasteiger partial charge in [-0.15, -0.1) is 0 Å². The van der Waals surface area contributed by atoms with Crippen molar-refractivity contribution in [3.8, 4) is 0 Å². The van der Waals surface area contributed by atoms with Gasteiger partial charge in [0, 0.05) is 24.2 Å². The number of nitrogens with zero attached hydrogens (tertiary/aromatic N) is 1. The number of nitro benzene ring substituents is 1. The minimum absolute atomic E-state index is 0.0256. The van der Waals surface area contributed by atoms with Crippen LogP contribution in [0.5, 0.6) is 0 Å². The molecule has 0 aromatic heterocycles. The van der Waals surface area contributed by atoms with Gasteiger partial charge in [0.2, 0.25) is 0 Å². The Morgan fingerprint density at radius 1 is 1.15 bits per heavy atom. The van der Waals surface area contributed by atoms with Crippen molar-refractivity contribution in [2.45, 2.75) is 19.8 Å². The van der Waals surface area contributed by atoms with Crippen LogP contribution in [0.4, 0.5) is 5.69 Å². The van der Waals surface area contributed by atoms with Crippen LogP contribution in [0.1, 0.15) is 46.0 Å². The van der Waals surface area contributed by atoms with Gasteiger partial charge in [-0.3, -0.25) is 14.9 Å². The predicted octanol–water partition coefficient (Wildman–Crippen LogP) is 3.31. The van der Waals surface area contributed by atoms with Crippen LogP contribution in [0.2, 0.25) is 0 Å². The van der Waals surface area contributed by atoms with Crippen molar-refractivity contribution in [2.24, 2.45) is 0 Å². The number of hydrogen-bond donors (Lipinski definition) is 1. The molecule has 0 unspecified atom stereocenters. The predicted molar refractivity (Wildman–Crippen MR) is 96.2 cm³/mol. The lowest BCUT2D eigenvalue weighted by Crippen LogP contribution is -2.27. The molecule has 2 aromatic rings. The van der Waals surface area contributed by atoms with Gasteiger partial charge in [-0.1, -0.05) is 37.3 Å². The Morgan fingerprint density at radius 3 is 2.42 bits per heavy atom. The van der Waals surface area contributed by atoms with E-state index in [1.54, 1.807) is 6.92 Å². The summed E-state index contributed by atoms with van der Waals surface area (Å²) in [5.41, 5.74) is 0.751. The summed E-state index contributed by atoms with van der Waals surface area (Å²) in [6.07, 6.45) is 0. The van der Waals surface area contributed by atoms with E-state index in [-0.39, 0.29) is 29.3 Å². The third-order valence-corrected chi connectivity index (χ3v) is 3.84. The number of nitrogens with one attached hydrogen (secondary N) is 1. The molecule has 0 radical (unpaired) electrons. The van der Waals surface area contributed by atoms with E-state index >= 15 is 0 Å². The Kier molecular flexibility index (Phi) is 6.43. The molecule has 1 N–H and O–H groups in total. The molecule has 0 bridgehead atoms. The smallest absolute Gasteiger partial charge is 0.338 e. The van der Waals surface area contributed by atoms with E-state index in [0.29, 0.717) is 6.54 Å². The standard InChI is InChI=1S/C19H20N2O5/c1-3-26-19(23)16-9-15(10-17(11-16)21(24)25)18(22)20-12-13(2)14-7-5-4-6-8-14/h4-11,13H,3,12H2,1-2H3,(H,20,22)/t13-/m0/s1. The summed E-state index contributed by atoms with van der Waals surface area (Å²) in [7, 11) is 0. The van der Waals surface area contributed by atoms with Crippen molar-refractivity contribution >= 4 is 17.6 Å². The summed E-state index contributed by atoms with van der Waals surface area (Å²) < 4.78 is 4.86. The number of nitro groups is 1. The molecule has 1 amide bonds. The molecule has 0 aliphatic rings. The van der Waals surface area contributed by atoms with Gasteiger partial charge in [0.25, 0.3) is 11.6 Å². The normalized spacial score (nSPS) is 11.5. The average Bonchev–Trinajstić information content (AvgIpc) is 2.66. The van der Waals surface area contributed by atoms with Crippen LogP contribution < -0.4 is 5.32 Å². The highest BCUT2D eigenvalue weighted by molar-refractivity contribution is 5.99. The molecule has 0 saturated carbocycles. The average molecular weight is 356 g/mol.